The highest BCUT2D eigenvalue weighted by molar-refractivity contribution is 5.80. The van der Waals surface area contributed by atoms with Gasteiger partial charge in [-0.15, -0.1) is 0 Å². The lowest BCUT2D eigenvalue weighted by Crippen LogP contribution is -2.22. The van der Waals surface area contributed by atoms with Gasteiger partial charge in [0, 0.05) is 12.4 Å². The highest BCUT2D eigenvalue weighted by atomic mass is 16.1. The maximum Gasteiger partial charge on any atom is 0.266 e. The van der Waals surface area contributed by atoms with E-state index >= 15 is 0 Å². The van der Waals surface area contributed by atoms with E-state index in [4.69, 9.17) is 4.98 Å². The second-order valence-electron chi connectivity index (χ2n) is 6.52. The Morgan fingerprint density at radius 3 is 2.56 bits per heavy atom. The van der Waals surface area contributed by atoms with E-state index in [0.29, 0.717) is 16.7 Å². The second kappa shape index (κ2) is 7.00. The summed E-state index contributed by atoms with van der Waals surface area (Å²) in [4.78, 5) is 22.1. The number of aromatic nitrogens is 3. The van der Waals surface area contributed by atoms with Gasteiger partial charge in [0.25, 0.3) is 5.56 Å². The summed E-state index contributed by atoms with van der Waals surface area (Å²) in [6.07, 6.45) is 7.29. The molecule has 0 aliphatic rings. The summed E-state index contributed by atoms with van der Waals surface area (Å²) in [7, 11) is 0. The van der Waals surface area contributed by atoms with Gasteiger partial charge in [-0.05, 0) is 73.0 Å². The third kappa shape index (κ3) is 3.29. The van der Waals surface area contributed by atoms with Gasteiger partial charge in [-0.1, -0.05) is 24.3 Å². The third-order valence-electron chi connectivity index (χ3n) is 4.66. The number of fused-ring (bicyclic) bond motifs is 1. The molecule has 0 saturated heterocycles. The van der Waals surface area contributed by atoms with E-state index in [1.54, 1.807) is 17.0 Å². The SMILES string of the molecule is Cc1ccc(-n2c(/C=C/c3cccnc3)nc3ccccc3c2=O)cc1C. The lowest BCUT2D eigenvalue weighted by Gasteiger charge is -2.13. The van der Waals surface area contributed by atoms with Crippen molar-refractivity contribution in [3.8, 4) is 5.69 Å². The number of aryl methyl sites for hydroxylation is 2. The lowest BCUT2D eigenvalue weighted by atomic mass is 10.1. The minimum absolute atomic E-state index is 0.0744. The van der Waals surface area contributed by atoms with E-state index in [0.717, 1.165) is 16.8 Å². The summed E-state index contributed by atoms with van der Waals surface area (Å²) >= 11 is 0. The molecule has 4 aromatic rings. The smallest absolute Gasteiger partial charge is 0.266 e. The van der Waals surface area contributed by atoms with Gasteiger partial charge >= 0.3 is 0 Å². The highest BCUT2D eigenvalue weighted by Crippen LogP contribution is 2.18. The molecular formula is C23H19N3O. The minimum Gasteiger partial charge on any atom is -0.268 e. The topological polar surface area (TPSA) is 47.8 Å². The fourth-order valence-corrected chi connectivity index (χ4v) is 3.02. The van der Waals surface area contributed by atoms with Crippen LogP contribution in [0.4, 0.5) is 0 Å². The fraction of sp³-hybridized carbons (Fsp3) is 0.0870. The molecular weight excluding hydrogens is 334 g/mol. The van der Waals surface area contributed by atoms with Gasteiger partial charge in [-0.25, -0.2) is 4.98 Å². The van der Waals surface area contributed by atoms with Gasteiger partial charge in [0.1, 0.15) is 5.82 Å². The summed E-state index contributed by atoms with van der Waals surface area (Å²) in [5.74, 6) is 0.589. The number of nitrogens with zero attached hydrogens (tertiary/aromatic N) is 3. The normalized spacial score (nSPS) is 11.3. The Labute approximate surface area is 157 Å². The van der Waals surface area contributed by atoms with Gasteiger partial charge < -0.3 is 0 Å². The molecule has 132 valence electrons. The molecule has 2 aromatic carbocycles. The van der Waals surface area contributed by atoms with Gasteiger partial charge in [0.05, 0.1) is 16.6 Å². The molecule has 0 amide bonds. The molecule has 2 aromatic heterocycles. The number of hydrogen-bond donors (Lipinski definition) is 0. The predicted octanol–water partition coefficient (Wildman–Crippen LogP) is 4.57. The van der Waals surface area contributed by atoms with Crippen molar-refractivity contribution in [2.24, 2.45) is 0 Å². The number of para-hydroxylation sites is 1. The molecule has 0 bridgehead atoms. The lowest BCUT2D eigenvalue weighted by molar-refractivity contribution is 0.941. The van der Waals surface area contributed by atoms with Crippen LogP contribution in [0.5, 0.6) is 0 Å². The quantitative estimate of drug-likeness (QED) is 0.542. The molecule has 0 atom stereocenters. The summed E-state index contributed by atoms with van der Waals surface area (Å²) in [6, 6.07) is 17.3. The molecule has 0 radical (unpaired) electrons. The minimum atomic E-state index is -0.0744. The van der Waals surface area contributed by atoms with Crippen molar-refractivity contribution in [2.75, 3.05) is 0 Å². The van der Waals surface area contributed by atoms with Crippen LogP contribution in [0.15, 0.2) is 71.8 Å². The van der Waals surface area contributed by atoms with Crippen LogP contribution >= 0.6 is 0 Å². The summed E-state index contributed by atoms with van der Waals surface area (Å²) < 4.78 is 1.67. The van der Waals surface area contributed by atoms with E-state index in [1.165, 1.54) is 5.56 Å². The van der Waals surface area contributed by atoms with Crippen molar-refractivity contribution >= 4 is 23.1 Å². The average molecular weight is 353 g/mol. The first-order chi connectivity index (χ1) is 13.1. The first kappa shape index (κ1) is 16.9. The molecule has 0 aliphatic carbocycles. The van der Waals surface area contributed by atoms with E-state index in [1.807, 2.05) is 73.7 Å². The van der Waals surface area contributed by atoms with Gasteiger partial charge in [-0.2, -0.15) is 0 Å². The Morgan fingerprint density at radius 1 is 0.926 bits per heavy atom. The van der Waals surface area contributed by atoms with Crippen LogP contribution in [0.25, 0.3) is 28.7 Å². The average Bonchev–Trinajstić information content (AvgIpc) is 2.70. The van der Waals surface area contributed by atoms with Crippen molar-refractivity contribution in [1.29, 1.82) is 0 Å². The van der Waals surface area contributed by atoms with E-state index < -0.39 is 0 Å². The van der Waals surface area contributed by atoms with E-state index in [-0.39, 0.29) is 5.56 Å². The van der Waals surface area contributed by atoms with Crippen LogP contribution in [-0.2, 0) is 0 Å². The molecule has 2 heterocycles. The first-order valence-corrected chi connectivity index (χ1v) is 8.81. The monoisotopic (exact) mass is 353 g/mol. The largest absolute Gasteiger partial charge is 0.268 e. The molecule has 0 saturated carbocycles. The fourth-order valence-electron chi connectivity index (χ4n) is 3.02. The Balaban J connectivity index is 1.97. The van der Waals surface area contributed by atoms with Crippen LogP contribution < -0.4 is 5.56 Å². The number of pyridine rings is 1. The number of benzene rings is 2. The molecule has 4 rings (SSSR count). The number of rotatable bonds is 3. The molecule has 0 fully saturated rings. The highest BCUT2D eigenvalue weighted by Gasteiger charge is 2.11. The van der Waals surface area contributed by atoms with Crippen LogP contribution in [0, 0.1) is 13.8 Å². The zero-order valence-electron chi connectivity index (χ0n) is 15.3. The van der Waals surface area contributed by atoms with Gasteiger partial charge in [0.2, 0.25) is 0 Å². The van der Waals surface area contributed by atoms with Crippen molar-refractivity contribution in [2.45, 2.75) is 13.8 Å². The zero-order chi connectivity index (χ0) is 18.8. The predicted molar refractivity (Wildman–Crippen MR) is 110 cm³/mol. The van der Waals surface area contributed by atoms with Gasteiger partial charge in [0.15, 0.2) is 0 Å². The molecule has 0 N–H and O–H groups in total. The summed E-state index contributed by atoms with van der Waals surface area (Å²) in [5, 5.41) is 0.606. The van der Waals surface area contributed by atoms with Crippen LogP contribution in [-0.4, -0.2) is 14.5 Å². The summed E-state index contributed by atoms with van der Waals surface area (Å²) in [6.45, 7) is 4.10. The maximum atomic E-state index is 13.2. The molecule has 0 spiro atoms. The Kier molecular flexibility index (Phi) is 4.38. The second-order valence-corrected chi connectivity index (χ2v) is 6.52. The zero-order valence-corrected chi connectivity index (χ0v) is 15.3. The number of hydrogen-bond acceptors (Lipinski definition) is 3. The Morgan fingerprint density at radius 2 is 1.78 bits per heavy atom. The molecule has 0 unspecified atom stereocenters. The summed E-state index contributed by atoms with van der Waals surface area (Å²) in [5.41, 5.74) is 4.70. The Bertz CT molecular complexity index is 1210. The third-order valence-corrected chi connectivity index (χ3v) is 4.66. The van der Waals surface area contributed by atoms with Crippen molar-refractivity contribution < 1.29 is 0 Å². The molecule has 4 nitrogen and oxygen atoms in total. The maximum absolute atomic E-state index is 13.2. The Hall–Kier alpha value is -3.53. The van der Waals surface area contributed by atoms with E-state index in [9.17, 15) is 4.79 Å². The molecule has 0 aliphatic heterocycles. The van der Waals surface area contributed by atoms with Gasteiger partial charge in [-0.3, -0.25) is 14.3 Å². The van der Waals surface area contributed by atoms with Crippen LogP contribution in [0.2, 0.25) is 0 Å². The van der Waals surface area contributed by atoms with Crippen molar-refractivity contribution in [3.63, 3.8) is 0 Å². The van der Waals surface area contributed by atoms with Crippen LogP contribution in [0.3, 0.4) is 0 Å². The standard InChI is InChI=1S/C23H19N3O/c1-16-9-11-19(14-17(16)2)26-22(12-10-18-6-5-13-24-15-18)25-21-8-4-3-7-20(21)23(26)27/h3-15H,1-2H3/b12-10+. The molecule has 4 heteroatoms. The first-order valence-electron chi connectivity index (χ1n) is 8.81. The van der Waals surface area contributed by atoms with Crippen molar-refractivity contribution in [3.05, 3.63) is 99.9 Å². The van der Waals surface area contributed by atoms with Crippen molar-refractivity contribution in [1.82, 2.24) is 14.5 Å². The van der Waals surface area contributed by atoms with Crippen LogP contribution in [0.1, 0.15) is 22.5 Å². The molecule has 27 heavy (non-hydrogen) atoms. The van der Waals surface area contributed by atoms with E-state index in [2.05, 4.69) is 11.9 Å².